The molecule has 0 radical (unpaired) electrons. The van der Waals surface area contributed by atoms with Crippen LogP contribution >= 0.6 is 0 Å². The van der Waals surface area contributed by atoms with Gasteiger partial charge in [0.1, 0.15) is 5.82 Å². The van der Waals surface area contributed by atoms with E-state index in [2.05, 4.69) is 43.0 Å². The van der Waals surface area contributed by atoms with Crippen molar-refractivity contribution >= 4 is 5.82 Å². The fourth-order valence-corrected chi connectivity index (χ4v) is 2.94. The molecular formula is C16H30N4O. The summed E-state index contributed by atoms with van der Waals surface area (Å²) in [6, 6.07) is 0. The molecule has 1 fully saturated rings. The van der Waals surface area contributed by atoms with Crippen LogP contribution in [0.4, 0.5) is 5.82 Å². The van der Waals surface area contributed by atoms with Crippen LogP contribution in [-0.2, 0) is 18.3 Å². The van der Waals surface area contributed by atoms with Crippen LogP contribution in [0.5, 0.6) is 0 Å². The van der Waals surface area contributed by atoms with E-state index in [1.165, 1.54) is 11.4 Å². The molecule has 0 bridgehead atoms. The molecular weight excluding hydrogens is 264 g/mol. The van der Waals surface area contributed by atoms with Gasteiger partial charge in [-0.1, -0.05) is 20.8 Å². The number of ether oxygens (including phenoxy) is 1. The summed E-state index contributed by atoms with van der Waals surface area (Å²) in [6.45, 7) is 13.4. The first-order valence-corrected chi connectivity index (χ1v) is 8.12. The van der Waals surface area contributed by atoms with Gasteiger partial charge in [-0.25, -0.2) is 0 Å². The minimum absolute atomic E-state index is 0.338. The first-order chi connectivity index (χ1) is 10.0. The van der Waals surface area contributed by atoms with Gasteiger partial charge >= 0.3 is 0 Å². The van der Waals surface area contributed by atoms with Crippen LogP contribution in [0.2, 0.25) is 0 Å². The minimum atomic E-state index is 0.338. The highest BCUT2D eigenvalue weighted by Crippen LogP contribution is 2.25. The zero-order valence-corrected chi connectivity index (χ0v) is 14.1. The lowest BCUT2D eigenvalue weighted by molar-refractivity contribution is 0.0379. The number of morpholine rings is 1. The first kappa shape index (κ1) is 16.3. The number of nitrogens with one attached hydrogen (secondary N) is 1. The quantitative estimate of drug-likeness (QED) is 0.872. The van der Waals surface area contributed by atoms with Crippen molar-refractivity contribution in [3.05, 3.63) is 11.3 Å². The van der Waals surface area contributed by atoms with Crippen LogP contribution in [0.15, 0.2) is 0 Å². The number of hydrogen-bond donors (Lipinski definition) is 1. The maximum atomic E-state index is 5.79. The van der Waals surface area contributed by atoms with E-state index < -0.39 is 0 Å². The maximum absolute atomic E-state index is 5.79. The van der Waals surface area contributed by atoms with E-state index in [1.54, 1.807) is 0 Å². The third kappa shape index (κ3) is 3.98. The molecule has 1 aliphatic heterocycles. The lowest BCUT2D eigenvalue weighted by Gasteiger charge is -2.34. The predicted octanol–water partition coefficient (Wildman–Crippen LogP) is 2.09. The van der Waals surface area contributed by atoms with Crippen molar-refractivity contribution < 1.29 is 4.74 Å². The molecule has 1 unspecified atom stereocenters. The van der Waals surface area contributed by atoms with Crippen molar-refractivity contribution in [2.45, 2.75) is 46.8 Å². The Morgan fingerprint density at radius 2 is 2.19 bits per heavy atom. The Kier molecular flexibility index (Phi) is 5.65. The summed E-state index contributed by atoms with van der Waals surface area (Å²) in [5.74, 6) is 1.92. The van der Waals surface area contributed by atoms with Crippen LogP contribution in [0.25, 0.3) is 0 Å². The molecule has 21 heavy (non-hydrogen) atoms. The smallest absolute Gasteiger partial charge is 0.131 e. The number of aryl methyl sites for hydroxylation is 2. The van der Waals surface area contributed by atoms with Gasteiger partial charge in [0.2, 0.25) is 0 Å². The summed E-state index contributed by atoms with van der Waals surface area (Å²) >= 11 is 0. The highest BCUT2D eigenvalue weighted by atomic mass is 16.5. The van der Waals surface area contributed by atoms with Crippen LogP contribution in [0.1, 0.15) is 38.4 Å². The summed E-state index contributed by atoms with van der Waals surface area (Å²) in [7, 11) is 2.05. The molecule has 5 nitrogen and oxygen atoms in total. The Labute approximate surface area is 128 Å². The number of hydrogen-bond acceptors (Lipinski definition) is 4. The van der Waals surface area contributed by atoms with Gasteiger partial charge in [0.25, 0.3) is 0 Å². The van der Waals surface area contributed by atoms with Crippen LogP contribution in [0.3, 0.4) is 0 Å². The van der Waals surface area contributed by atoms with Gasteiger partial charge in [-0.05, 0) is 25.8 Å². The predicted molar refractivity (Wildman–Crippen MR) is 86.7 cm³/mol. The third-order valence-electron chi connectivity index (χ3n) is 4.06. The molecule has 1 saturated heterocycles. The molecule has 120 valence electrons. The van der Waals surface area contributed by atoms with Crippen molar-refractivity contribution in [3.8, 4) is 0 Å². The summed E-state index contributed by atoms with van der Waals surface area (Å²) in [5, 5.41) is 8.18. The molecule has 1 aromatic heterocycles. The standard InChI is InChI=1S/C16H30N4O/c1-6-14-11-20(7-8-21-14)16-15(10-17-9-12(2)3)13(4)18-19(16)5/h12,14,17H,6-11H2,1-5H3. The van der Waals surface area contributed by atoms with Crippen LogP contribution in [0, 0.1) is 12.8 Å². The second-order valence-electron chi connectivity index (χ2n) is 6.38. The van der Waals surface area contributed by atoms with E-state index in [4.69, 9.17) is 4.74 Å². The average Bonchev–Trinajstić information content (AvgIpc) is 2.73. The van der Waals surface area contributed by atoms with Gasteiger partial charge in [-0.2, -0.15) is 5.10 Å². The molecule has 0 amide bonds. The molecule has 0 aliphatic carbocycles. The van der Waals surface area contributed by atoms with Crippen molar-refractivity contribution in [1.29, 1.82) is 0 Å². The molecule has 0 saturated carbocycles. The molecule has 1 N–H and O–H groups in total. The normalized spacial score (nSPS) is 19.5. The molecule has 1 aliphatic rings. The van der Waals surface area contributed by atoms with Crippen molar-refractivity contribution in [1.82, 2.24) is 15.1 Å². The van der Waals surface area contributed by atoms with Gasteiger partial charge in [-0.3, -0.25) is 4.68 Å². The highest BCUT2D eigenvalue weighted by molar-refractivity contribution is 5.50. The van der Waals surface area contributed by atoms with E-state index in [0.717, 1.165) is 44.9 Å². The number of anilines is 1. The van der Waals surface area contributed by atoms with Gasteiger partial charge in [0, 0.05) is 32.2 Å². The summed E-state index contributed by atoms with van der Waals surface area (Å²) in [4.78, 5) is 2.43. The van der Waals surface area contributed by atoms with E-state index in [9.17, 15) is 0 Å². The fourth-order valence-electron chi connectivity index (χ4n) is 2.94. The Balaban J connectivity index is 2.13. The van der Waals surface area contributed by atoms with E-state index in [-0.39, 0.29) is 0 Å². The lowest BCUT2D eigenvalue weighted by atomic mass is 10.1. The topological polar surface area (TPSA) is 42.3 Å². The largest absolute Gasteiger partial charge is 0.375 e. The van der Waals surface area contributed by atoms with Gasteiger partial charge in [0.15, 0.2) is 0 Å². The molecule has 0 spiro atoms. The lowest BCUT2D eigenvalue weighted by Crippen LogP contribution is -2.43. The second-order valence-corrected chi connectivity index (χ2v) is 6.38. The molecule has 1 atom stereocenters. The van der Waals surface area contributed by atoms with Crippen molar-refractivity contribution in [2.75, 3.05) is 31.1 Å². The van der Waals surface area contributed by atoms with E-state index in [1.807, 2.05) is 11.7 Å². The molecule has 1 aromatic rings. The molecule has 2 rings (SSSR count). The fraction of sp³-hybridized carbons (Fsp3) is 0.812. The van der Waals surface area contributed by atoms with Crippen LogP contribution < -0.4 is 10.2 Å². The monoisotopic (exact) mass is 294 g/mol. The molecule has 2 heterocycles. The second kappa shape index (κ2) is 7.27. The van der Waals surface area contributed by atoms with E-state index in [0.29, 0.717) is 12.0 Å². The Hall–Kier alpha value is -1.07. The number of aromatic nitrogens is 2. The molecule has 5 heteroatoms. The van der Waals surface area contributed by atoms with Gasteiger partial charge in [0.05, 0.1) is 18.4 Å². The maximum Gasteiger partial charge on any atom is 0.131 e. The first-order valence-electron chi connectivity index (χ1n) is 8.12. The third-order valence-corrected chi connectivity index (χ3v) is 4.06. The summed E-state index contributed by atoms with van der Waals surface area (Å²) in [6.07, 6.45) is 1.40. The summed E-state index contributed by atoms with van der Waals surface area (Å²) in [5.41, 5.74) is 2.46. The van der Waals surface area contributed by atoms with E-state index >= 15 is 0 Å². The van der Waals surface area contributed by atoms with Gasteiger partial charge < -0.3 is 15.0 Å². The zero-order valence-electron chi connectivity index (χ0n) is 14.1. The Morgan fingerprint density at radius 1 is 1.43 bits per heavy atom. The van der Waals surface area contributed by atoms with Crippen LogP contribution in [-0.4, -0.2) is 42.1 Å². The average molecular weight is 294 g/mol. The Morgan fingerprint density at radius 3 is 2.86 bits per heavy atom. The highest BCUT2D eigenvalue weighted by Gasteiger charge is 2.25. The summed E-state index contributed by atoms with van der Waals surface area (Å²) < 4.78 is 7.82. The number of nitrogens with zero attached hydrogens (tertiary/aromatic N) is 3. The number of rotatable bonds is 6. The molecule has 0 aromatic carbocycles. The minimum Gasteiger partial charge on any atom is -0.375 e. The zero-order chi connectivity index (χ0) is 15.4. The van der Waals surface area contributed by atoms with Crippen molar-refractivity contribution in [3.63, 3.8) is 0 Å². The SMILES string of the molecule is CCC1CN(c2c(CNCC(C)C)c(C)nn2C)CCO1. The van der Waals surface area contributed by atoms with Gasteiger partial charge in [-0.15, -0.1) is 0 Å². The van der Waals surface area contributed by atoms with Crippen molar-refractivity contribution in [2.24, 2.45) is 13.0 Å². The Bertz CT molecular complexity index is 455.